The van der Waals surface area contributed by atoms with Gasteiger partial charge in [-0.3, -0.25) is 4.98 Å². The maximum atomic E-state index is 10.7. The highest BCUT2D eigenvalue weighted by Gasteiger charge is 2.54. The number of nitrogens with zero attached hydrogens (tertiary/aromatic N) is 1. The van der Waals surface area contributed by atoms with Gasteiger partial charge in [0.05, 0.1) is 36.8 Å². The van der Waals surface area contributed by atoms with Gasteiger partial charge in [0.25, 0.3) is 0 Å². The van der Waals surface area contributed by atoms with Crippen LogP contribution in [-0.4, -0.2) is 51.6 Å². The smallest absolute Gasteiger partial charge is 0.201 e. The minimum Gasteiger partial charge on any atom is -0.410 e. The van der Waals surface area contributed by atoms with Crippen LogP contribution in [0.25, 0.3) is 0 Å². The zero-order valence-electron chi connectivity index (χ0n) is 25.6. The lowest BCUT2D eigenvalue weighted by atomic mass is 9.94. The molecule has 1 fully saturated rings. The predicted molar refractivity (Wildman–Crippen MR) is 160 cm³/mol. The summed E-state index contributed by atoms with van der Waals surface area (Å²) in [6.07, 6.45) is 2.79. The first-order valence-electron chi connectivity index (χ1n) is 14.5. The average Bonchev–Trinajstić information content (AvgIpc) is 2.79. The third kappa shape index (κ3) is 6.35. The molecular formula is C29H56N2O4Si2. The van der Waals surface area contributed by atoms with Crippen molar-refractivity contribution in [2.24, 2.45) is 0 Å². The molecule has 1 aliphatic heterocycles. The Kier molecular flexibility index (Phi) is 11.4. The van der Waals surface area contributed by atoms with E-state index < -0.39 is 22.7 Å². The number of aliphatic hydroxyl groups is 1. The van der Waals surface area contributed by atoms with Crippen LogP contribution in [0, 0.1) is 0 Å². The standard InChI is InChI=1S/C29H56N2O4Si2/c1-18(2)36(19(3)4,20(5)6)34-27-15-26(24-13-14-31-16-25(24)30)33-28(17-32)29(27)35-37(21(7)8,22(9)10)23(11)12/h13-14,16,18-23,26-29,32H,15,17,30H2,1-12H3. The number of ether oxygens (including phenoxy) is 1. The Hall–Kier alpha value is -0.776. The molecule has 1 aliphatic rings. The van der Waals surface area contributed by atoms with E-state index in [9.17, 15) is 5.11 Å². The second-order valence-electron chi connectivity index (χ2n) is 13.0. The normalized spacial score (nSPS) is 23.9. The van der Waals surface area contributed by atoms with Gasteiger partial charge in [0.15, 0.2) is 0 Å². The molecule has 214 valence electrons. The molecule has 1 saturated heterocycles. The van der Waals surface area contributed by atoms with E-state index in [1.165, 1.54) is 0 Å². The summed E-state index contributed by atoms with van der Waals surface area (Å²) in [4.78, 5) is 4.18. The van der Waals surface area contributed by atoms with E-state index in [1.807, 2.05) is 6.07 Å². The molecule has 8 heteroatoms. The van der Waals surface area contributed by atoms with E-state index >= 15 is 0 Å². The van der Waals surface area contributed by atoms with Gasteiger partial charge in [0.1, 0.15) is 6.10 Å². The van der Waals surface area contributed by atoms with Crippen LogP contribution in [0.2, 0.25) is 33.2 Å². The van der Waals surface area contributed by atoms with Crippen LogP contribution in [0.5, 0.6) is 0 Å². The molecule has 37 heavy (non-hydrogen) atoms. The lowest BCUT2D eigenvalue weighted by Gasteiger charge is -2.53. The van der Waals surface area contributed by atoms with Crippen LogP contribution >= 0.6 is 0 Å². The molecular weight excluding hydrogens is 497 g/mol. The van der Waals surface area contributed by atoms with Crippen molar-refractivity contribution >= 4 is 22.3 Å². The van der Waals surface area contributed by atoms with E-state index in [2.05, 4.69) is 88.1 Å². The topological polar surface area (TPSA) is 86.8 Å². The van der Waals surface area contributed by atoms with Crippen molar-refractivity contribution in [1.82, 2.24) is 4.98 Å². The first-order chi connectivity index (χ1) is 17.2. The van der Waals surface area contributed by atoms with Crippen molar-refractivity contribution in [2.45, 2.75) is 147 Å². The lowest BCUT2D eigenvalue weighted by Crippen LogP contribution is -2.62. The van der Waals surface area contributed by atoms with Gasteiger partial charge in [-0.25, -0.2) is 0 Å². The highest BCUT2D eigenvalue weighted by Crippen LogP contribution is 2.49. The summed E-state index contributed by atoms with van der Waals surface area (Å²) in [5.41, 5.74) is 10.4. The molecule has 1 aromatic rings. The Morgan fingerprint density at radius 3 is 1.73 bits per heavy atom. The molecule has 4 unspecified atom stereocenters. The van der Waals surface area contributed by atoms with Gasteiger partial charge in [-0.2, -0.15) is 0 Å². The third-order valence-electron chi connectivity index (χ3n) is 9.04. The molecule has 1 aromatic heterocycles. The molecule has 6 nitrogen and oxygen atoms in total. The first-order valence-corrected chi connectivity index (χ1v) is 18.8. The monoisotopic (exact) mass is 552 g/mol. The first kappa shape index (κ1) is 32.4. The van der Waals surface area contributed by atoms with Crippen molar-refractivity contribution in [3.8, 4) is 0 Å². The van der Waals surface area contributed by atoms with Crippen molar-refractivity contribution in [1.29, 1.82) is 0 Å². The van der Waals surface area contributed by atoms with Crippen molar-refractivity contribution < 1.29 is 18.7 Å². The number of nitrogen functional groups attached to an aromatic ring is 1. The fraction of sp³-hybridized carbons (Fsp3) is 0.828. The average molecular weight is 553 g/mol. The fourth-order valence-electron chi connectivity index (χ4n) is 7.57. The molecule has 0 amide bonds. The Balaban J connectivity index is 2.67. The molecule has 0 aliphatic carbocycles. The second kappa shape index (κ2) is 13.1. The molecule has 4 atom stereocenters. The van der Waals surface area contributed by atoms with Crippen molar-refractivity contribution in [2.75, 3.05) is 12.3 Å². The van der Waals surface area contributed by atoms with Crippen molar-refractivity contribution in [3.05, 3.63) is 24.0 Å². The number of nitrogens with two attached hydrogens (primary N) is 1. The molecule has 0 bridgehead atoms. The Labute approximate surface area is 229 Å². The Morgan fingerprint density at radius 1 is 0.865 bits per heavy atom. The van der Waals surface area contributed by atoms with Crippen LogP contribution in [0.1, 0.15) is 101 Å². The number of aliphatic hydroxyl groups excluding tert-OH is 1. The number of rotatable bonds is 12. The van der Waals surface area contributed by atoms with Gasteiger partial charge in [-0.1, -0.05) is 83.1 Å². The number of anilines is 1. The van der Waals surface area contributed by atoms with Crippen LogP contribution in [-0.2, 0) is 13.6 Å². The van der Waals surface area contributed by atoms with E-state index in [-0.39, 0.29) is 24.9 Å². The third-order valence-corrected chi connectivity index (χ3v) is 21.3. The van der Waals surface area contributed by atoms with E-state index in [1.54, 1.807) is 12.4 Å². The molecule has 2 rings (SSSR count). The highest BCUT2D eigenvalue weighted by atomic mass is 28.4. The molecule has 3 N–H and O–H groups in total. The molecule has 0 radical (unpaired) electrons. The maximum absolute atomic E-state index is 10.7. The quantitative estimate of drug-likeness (QED) is 0.260. The largest absolute Gasteiger partial charge is 0.410 e. The van der Waals surface area contributed by atoms with Gasteiger partial charge in [-0.05, 0) is 39.3 Å². The number of aromatic nitrogens is 1. The van der Waals surface area contributed by atoms with E-state index in [0.29, 0.717) is 45.4 Å². The number of pyridine rings is 1. The maximum Gasteiger partial charge on any atom is 0.201 e. The van der Waals surface area contributed by atoms with Gasteiger partial charge in [0, 0.05) is 18.2 Å². The van der Waals surface area contributed by atoms with Crippen LogP contribution in [0.3, 0.4) is 0 Å². The summed E-state index contributed by atoms with van der Waals surface area (Å²) in [5.74, 6) is 0. The number of hydrogen-bond donors (Lipinski definition) is 2. The van der Waals surface area contributed by atoms with Crippen LogP contribution in [0.15, 0.2) is 18.5 Å². The van der Waals surface area contributed by atoms with Gasteiger partial charge in [0.2, 0.25) is 16.6 Å². The zero-order chi connectivity index (χ0) is 28.3. The lowest BCUT2D eigenvalue weighted by molar-refractivity contribution is -0.173. The molecule has 0 saturated carbocycles. The summed E-state index contributed by atoms with van der Waals surface area (Å²) in [5, 5.41) is 10.7. The second-order valence-corrected chi connectivity index (χ2v) is 23.8. The fourth-order valence-corrected chi connectivity index (χ4v) is 18.7. The van der Waals surface area contributed by atoms with E-state index in [0.717, 1.165) is 5.56 Å². The van der Waals surface area contributed by atoms with Gasteiger partial charge < -0.3 is 24.4 Å². The predicted octanol–water partition coefficient (Wildman–Crippen LogP) is 7.61. The Bertz CT molecular complexity index is 803. The summed E-state index contributed by atoms with van der Waals surface area (Å²) >= 11 is 0. The summed E-state index contributed by atoms with van der Waals surface area (Å²) in [6.45, 7) is 27.6. The molecule has 2 heterocycles. The van der Waals surface area contributed by atoms with Crippen LogP contribution in [0.4, 0.5) is 5.69 Å². The summed E-state index contributed by atoms with van der Waals surface area (Å²) < 4.78 is 21.5. The minimum absolute atomic E-state index is 0.121. The summed E-state index contributed by atoms with van der Waals surface area (Å²) in [6, 6.07) is 1.93. The van der Waals surface area contributed by atoms with Crippen molar-refractivity contribution in [3.63, 3.8) is 0 Å². The van der Waals surface area contributed by atoms with E-state index in [4.69, 9.17) is 19.3 Å². The Morgan fingerprint density at radius 2 is 1.32 bits per heavy atom. The van der Waals surface area contributed by atoms with Gasteiger partial charge >= 0.3 is 0 Å². The highest BCUT2D eigenvalue weighted by molar-refractivity contribution is 6.78. The number of hydrogen-bond acceptors (Lipinski definition) is 6. The van der Waals surface area contributed by atoms with Crippen LogP contribution < -0.4 is 5.73 Å². The summed E-state index contributed by atoms with van der Waals surface area (Å²) in [7, 11) is -4.52. The zero-order valence-corrected chi connectivity index (χ0v) is 27.6. The minimum atomic E-state index is -2.27. The molecule has 0 aromatic carbocycles. The molecule has 0 spiro atoms. The SMILES string of the molecule is CC(C)[Si](OC1CC(c2ccncc2N)OC(CO)C1O[Si](C(C)C)(C(C)C)C(C)C)(C(C)C)C(C)C. The van der Waals surface area contributed by atoms with Gasteiger partial charge in [-0.15, -0.1) is 0 Å².